The maximum Gasteiger partial charge on any atom is 0.324 e. The van der Waals surface area contributed by atoms with E-state index in [2.05, 4.69) is 5.32 Å². The molecule has 0 amide bonds. The summed E-state index contributed by atoms with van der Waals surface area (Å²) in [5, 5.41) is 2.96. The van der Waals surface area contributed by atoms with Crippen LogP contribution in [0.1, 0.15) is 20.3 Å². The van der Waals surface area contributed by atoms with Crippen LogP contribution in [0.15, 0.2) is 0 Å². The summed E-state index contributed by atoms with van der Waals surface area (Å²) in [6.45, 7) is 4.80. The van der Waals surface area contributed by atoms with Gasteiger partial charge in [-0.15, -0.1) is 0 Å². The highest BCUT2D eigenvalue weighted by Gasteiger charge is 2.39. The average Bonchev–Trinajstić information content (AvgIpc) is 2.66. The highest BCUT2D eigenvalue weighted by molar-refractivity contribution is 5.85. The van der Waals surface area contributed by atoms with E-state index in [4.69, 9.17) is 9.47 Å². The normalized spacial score (nSPS) is 24.9. The maximum atomic E-state index is 11.5. The molecular weight excluding hydrogens is 198 g/mol. The van der Waals surface area contributed by atoms with Crippen LogP contribution in [-0.2, 0) is 19.1 Å². The van der Waals surface area contributed by atoms with Crippen molar-refractivity contribution >= 4 is 11.9 Å². The Morgan fingerprint density at radius 1 is 1.20 bits per heavy atom. The smallest absolute Gasteiger partial charge is 0.324 e. The van der Waals surface area contributed by atoms with Gasteiger partial charge in [0.05, 0.1) is 19.1 Å². The molecule has 1 aliphatic rings. The van der Waals surface area contributed by atoms with Crippen LogP contribution in [0.2, 0.25) is 0 Å². The average molecular weight is 215 g/mol. The molecule has 0 radical (unpaired) electrons. The number of esters is 2. The highest BCUT2D eigenvalue weighted by Crippen LogP contribution is 2.18. The minimum absolute atomic E-state index is 0.319. The van der Waals surface area contributed by atoms with Crippen molar-refractivity contribution in [2.45, 2.75) is 26.3 Å². The predicted octanol–water partition coefficient (Wildman–Crippen LogP) is 0.0907. The topological polar surface area (TPSA) is 64.6 Å². The Morgan fingerprint density at radius 3 is 2.40 bits per heavy atom. The molecule has 0 unspecified atom stereocenters. The third kappa shape index (κ3) is 2.92. The Balaban J connectivity index is 2.56. The molecule has 1 aliphatic heterocycles. The Bertz CT molecular complexity index is 218. The molecule has 1 fully saturated rings. The lowest BCUT2D eigenvalue weighted by Gasteiger charge is -2.16. The number of nitrogens with one attached hydrogen (secondary N) is 1. The first-order chi connectivity index (χ1) is 7.20. The molecule has 86 valence electrons. The van der Waals surface area contributed by atoms with Crippen molar-refractivity contribution in [2.75, 3.05) is 19.8 Å². The molecule has 15 heavy (non-hydrogen) atoms. The Kier molecular flexibility index (Phi) is 4.55. The second kappa shape index (κ2) is 5.70. The van der Waals surface area contributed by atoms with Crippen molar-refractivity contribution < 1.29 is 19.1 Å². The molecule has 0 spiro atoms. The molecule has 0 saturated carbocycles. The van der Waals surface area contributed by atoms with E-state index < -0.39 is 12.0 Å². The minimum atomic E-state index is -0.538. The van der Waals surface area contributed by atoms with E-state index in [1.165, 1.54) is 0 Å². The van der Waals surface area contributed by atoms with Crippen molar-refractivity contribution in [3.05, 3.63) is 0 Å². The van der Waals surface area contributed by atoms with Crippen LogP contribution in [-0.4, -0.2) is 37.7 Å². The van der Waals surface area contributed by atoms with Crippen LogP contribution in [0, 0.1) is 5.92 Å². The molecular formula is C10H17NO4. The van der Waals surface area contributed by atoms with Gasteiger partial charge >= 0.3 is 11.9 Å². The zero-order chi connectivity index (χ0) is 11.3. The fourth-order valence-electron chi connectivity index (χ4n) is 1.69. The van der Waals surface area contributed by atoms with Gasteiger partial charge in [0.15, 0.2) is 0 Å². The van der Waals surface area contributed by atoms with Gasteiger partial charge < -0.3 is 14.8 Å². The second-order valence-corrected chi connectivity index (χ2v) is 3.33. The summed E-state index contributed by atoms with van der Waals surface area (Å²) >= 11 is 0. The molecule has 1 saturated heterocycles. The highest BCUT2D eigenvalue weighted by atomic mass is 16.5. The van der Waals surface area contributed by atoms with Crippen LogP contribution in [0.25, 0.3) is 0 Å². The van der Waals surface area contributed by atoms with E-state index in [1.54, 1.807) is 13.8 Å². The van der Waals surface area contributed by atoms with Crippen molar-refractivity contribution in [2.24, 2.45) is 5.92 Å². The van der Waals surface area contributed by atoms with E-state index in [-0.39, 0.29) is 11.9 Å². The fourth-order valence-corrected chi connectivity index (χ4v) is 1.69. The molecule has 1 N–H and O–H groups in total. The monoisotopic (exact) mass is 215 g/mol. The summed E-state index contributed by atoms with van der Waals surface area (Å²) in [7, 11) is 0. The van der Waals surface area contributed by atoms with Gasteiger partial charge in [0.1, 0.15) is 6.04 Å². The summed E-state index contributed by atoms with van der Waals surface area (Å²) in [4.78, 5) is 23.0. The van der Waals surface area contributed by atoms with E-state index in [0.717, 1.165) is 0 Å². The lowest BCUT2D eigenvalue weighted by Crippen LogP contribution is -2.40. The van der Waals surface area contributed by atoms with Crippen LogP contribution >= 0.6 is 0 Å². The second-order valence-electron chi connectivity index (χ2n) is 3.33. The van der Waals surface area contributed by atoms with Crippen molar-refractivity contribution in [1.29, 1.82) is 0 Å². The van der Waals surface area contributed by atoms with Crippen LogP contribution in [0.3, 0.4) is 0 Å². The van der Waals surface area contributed by atoms with Gasteiger partial charge in [0, 0.05) is 0 Å². The van der Waals surface area contributed by atoms with Crippen molar-refractivity contribution in [3.63, 3.8) is 0 Å². The van der Waals surface area contributed by atoms with E-state index >= 15 is 0 Å². The molecule has 0 aromatic rings. The molecule has 0 aromatic heterocycles. The first kappa shape index (κ1) is 12.0. The molecule has 5 nitrogen and oxygen atoms in total. The first-order valence-electron chi connectivity index (χ1n) is 5.27. The molecule has 5 heteroatoms. The summed E-state index contributed by atoms with van der Waals surface area (Å²) in [6, 6.07) is -0.538. The third-order valence-electron chi connectivity index (χ3n) is 2.35. The SMILES string of the molecule is CCOC(=O)[C@H]1CCN[C@@H]1C(=O)OCC. The number of rotatable bonds is 4. The Labute approximate surface area is 89.1 Å². The molecule has 1 heterocycles. The van der Waals surface area contributed by atoms with Gasteiger partial charge in [0.25, 0.3) is 0 Å². The van der Waals surface area contributed by atoms with Gasteiger partial charge in [-0.1, -0.05) is 0 Å². The Hall–Kier alpha value is -1.10. The summed E-state index contributed by atoms with van der Waals surface area (Å²) in [5.41, 5.74) is 0. The quantitative estimate of drug-likeness (QED) is 0.673. The largest absolute Gasteiger partial charge is 0.466 e. The lowest BCUT2D eigenvalue weighted by molar-refractivity contribution is -0.155. The number of carbonyl (C=O) groups is 2. The van der Waals surface area contributed by atoms with Crippen LogP contribution in [0.4, 0.5) is 0 Å². The molecule has 0 aliphatic carbocycles. The number of hydrogen-bond acceptors (Lipinski definition) is 5. The Morgan fingerprint density at radius 2 is 1.80 bits per heavy atom. The van der Waals surface area contributed by atoms with E-state index in [0.29, 0.717) is 26.2 Å². The maximum absolute atomic E-state index is 11.5. The van der Waals surface area contributed by atoms with Crippen molar-refractivity contribution in [3.8, 4) is 0 Å². The molecule has 1 rings (SSSR count). The third-order valence-corrected chi connectivity index (χ3v) is 2.35. The number of hydrogen-bond donors (Lipinski definition) is 1. The van der Waals surface area contributed by atoms with Crippen LogP contribution in [0.5, 0.6) is 0 Å². The minimum Gasteiger partial charge on any atom is -0.466 e. The van der Waals surface area contributed by atoms with Gasteiger partial charge in [-0.25, -0.2) is 0 Å². The molecule has 2 atom stereocenters. The molecule has 0 bridgehead atoms. The van der Waals surface area contributed by atoms with E-state index in [1.807, 2.05) is 0 Å². The number of carbonyl (C=O) groups excluding carboxylic acids is 2. The number of ether oxygens (including phenoxy) is 2. The van der Waals surface area contributed by atoms with E-state index in [9.17, 15) is 9.59 Å². The lowest BCUT2D eigenvalue weighted by atomic mass is 10.0. The molecule has 0 aromatic carbocycles. The van der Waals surface area contributed by atoms with Gasteiger partial charge in [-0.3, -0.25) is 9.59 Å². The van der Waals surface area contributed by atoms with Gasteiger partial charge in [-0.2, -0.15) is 0 Å². The summed E-state index contributed by atoms with van der Waals surface area (Å²) in [5.74, 6) is -1.09. The summed E-state index contributed by atoms with van der Waals surface area (Å²) in [6.07, 6.45) is 0.627. The first-order valence-corrected chi connectivity index (χ1v) is 5.27. The van der Waals surface area contributed by atoms with Gasteiger partial charge in [0.2, 0.25) is 0 Å². The van der Waals surface area contributed by atoms with Crippen molar-refractivity contribution in [1.82, 2.24) is 5.32 Å². The zero-order valence-electron chi connectivity index (χ0n) is 9.12. The fraction of sp³-hybridized carbons (Fsp3) is 0.800. The van der Waals surface area contributed by atoms with Crippen LogP contribution < -0.4 is 5.32 Å². The predicted molar refractivity (Wildman–Crippen MR) is 53.2 cm³/mol. The van der Waals surface area contributed by atoms with Gasteiger partial charge in [-0.05, 0) is 26.8 Å². The standard InChI is InChI=1S/C10H17NO4/c1-3-14-9(12)7-5-6-11-8(7)10(13)15-4-2/h7-8,11H,3-6H2,1-2H3/t7-,8-/m0/s1. The zero-order valence-corrected chi connectivity index (χ0v) is 9.12. The summed E-state index contributed by atoms with van der Waals surface area (Å²) < 4.78 is 9.77.